The molecule has 2 N–H and O–H groups in total. The highest BCUT2D eigenvalue weighted by atomic mass is 32.1. The van der Waals surface area contributed by atoms with Gasteiger partial charge in [-0.15, -0.1) is 11.3 Å². The third-order valence-corrected chi connectivity index (χ3v) is 7.76. The fraction of sp³-hybridized carbons (Fsp3) is 0.520. The van der Waals surface area contributed by atoms with Crippen LogP contribution < -0.4 is 10.6 Å². The molecule has 1 fully saturated rings. The van der Waals surface area contributed by atoms with Gasteiger partial charge in [-0.1, -0.05) is 38.2 Å². The zero-order valence-electron chi connectivity index (χ0n) is 18.9. The smallest absolute Gasteiger partial charge is 0.317 e. The van der Waals surface area contributed by atoms with Crippen molar-refractivity contribution in [3.63, 3.8) is 0 Å². The van der Waals surface area contributed by atoms with Crippen LogP contribution in [0.15, 0.2) is 24.5 Å². The third-order valence-electron chi connectivity index (χ3n) is 6.63. The second kappa shape index (κ2) is 11.3. The number of hydrogen-bond donors (Lipinski definition) is 2. The summed E-state index contributed by atoms with van der Waals surface area (Å²) in [4.78, 5) is 32.1. The highest BCUT2D eigenvalue weighted by Gasteiger charge is 2.27. The van der Waals surface area contributed by atoms with Crippen molar-refractivity contribution in [1.82, 2.24) is 15.2 Å². The van der Waals surface area contributed by atoms with Crippen LogP contribution in [-0.4, -0.2) is 34.9 Å². The van der Waals surface area contributed by atoms with Crippen LogP contribution in [-0.2, 0) is 24.2 Å². The molecular formula is C25H31N5O2S. The standard InChI is InChI=1S/C25H31N5O2S/c26-15-21-20-11-14-30(25(32)28-13-10-19-7-4-12-27-16-19)17-22(20)33-24(21)29-23(31)9-8-18-5-2-1-3-6-18/h4,7,12,16,18H,1-3,5-6,8-11,13-14,17H2,(H,28,32)(H,29,31). The molecule has 33 heavy (non-hydrogen) atoms. The minimum absolute atomic E-state index is 0.0133. The Hall–Kier alpha value is -2.92. The van der Waals surface area contributed by atoms with Gasteiger partial charge >= 0.3 is 6.03 Å². The zero-order chi connectivity index (χ0) is 23.0. The number of nitrogens with one attached hydrogen (secondary N) is 2. The van der Waals surface area contributed by atoms with E-state index in [4.69, 9.17) is 0 Å². The number of amides is 3. The van der Waals surface area contributed by atoms with Crippen molar-refractivity contribution < 1.29 is 9.59 Å². The Morgan fingerprint density at radius 1 is 1.27 bits per heavy atom. The largest absolute Gasteiger partial charge is 0.338 e. The fourth-order valence-corrected chi connectivity index (χ4v) is 5.98. The van der Waals surface area contributed by atoms with Crippen LogP contribution in [0.1, 0.15) is 66.5 Å². The summed E-state index contributed by atoms with van der Waals surface area (Å²) in [6.45, 7) is 1.57. The molecule has 174 valence electrons. The maximum Gasteiger partial charge on any atom is 0.317 e. The van der Waals surface area contributed by atoms with Crippen LogP contribution in [0.5, 0.6) is 0 Å². The summed E-state index contributed by atoms with van der Waals surface area (Å²) in [7, 11) is 0. The Labute approximate surface area is 199 Å². The first-order valence-electron chi connectivity index (χ1n) is 11.9. The number of fused-ring (bicyclic) bond motifs is 1. The van der Waals surface area contributed by atoms with E-state index < -0.39 is 0 Å². The number of carbonyl (C=O) groups is 2. The number of thiophene rings is 1. The van der Waals surface area contributed by atoms with Crippen LogP contribution >= 0.6 is 11.3 Å². The summed E-state index contributed by atoms with van der Waals surface area (Å²) >= 11 is 1.43. The Kier molecular flexibility index (Phi) is 7.95. The number of pyridine rings is 1. The van der Waals surface area contributed by atoms with E-state index >= 15 is 0 Å². The number of nitrogens with zero attached hydrogens (tertiary/aromatic N) is 3. The van der Waals surface area contributed by atoms with Gasteiger partial charge in [0.2, 0.25) is 5.91 Å². The lowest BCUT2D eigenvalue weighted by Gasteiger charge is -2.27. The molecule has 1 saturated carbocycles. The summed E-state index contributed by atoms with van der Waals surface area (Å²) in [5.74, 6) is 0.641. The predicted octanol–water partition coefficient (Wildman–Crippen LogP) is 4.62. The van der Waals surface area contributed by atoms with Crippen molar-refractivity contribution in [2.45, 2.75) is 64.3 Å². The van der Waals surface area contributed by atoms with Gasteiger partial charge in [0.1, 0.15) is 11.1 Å². The third kappa shape index (κ3) is 6.11. The Bertz CT molecular complexity index is 1010. The van der Waals surface area contributed by atoms with E-state index in [9.17, 15) is 14.9 Å². The molecule has 8 heteroatoms. The normalized spacial score (nSPS) is 16.0. The van der Waals surface area contributed by atoms with Crippen LogP contribution in [0.25, 0.3) is 0 Å². The Morgan fingerprint density at radius 2 is 2.12 bits per heavy atom. The number of nitriles is 1. The van der Waals surface area contributed by atoms with Gasteiger partial charge in [-0.05, 0) is 42.4 Å². The number of urea groups is 1. The van der Waals surface area contributed by atoms with Gasteiger partial charge in [-0.3, -0.25) is 9.78 Å². The molecule has 1 aliphatic carbocycles. The van der Waals surface area contributed by atoms with E-state index in [1.807, 2.05) is 12.1 Å². The average molecular weight is 466 g/mol. The first-order chi connectivity index (χ1) is 16.1. The van der Waals surface area contributed by atoms with Gasteiger partial charge in [0.05, 0.1) is 12.1 Å². The lowest BCUT2D eigenvalue weighted by atomic mass is 9.86. The minimum atomic E-state index is -0.102. The summed E-state index contributed by atoms with van der Waals surface area (Å²) in [5, 5.41) is 16.3. The van der Waals surface area contributed by atoms with Crippen molar-refractivity contribution in [1.29, 1.82) is 5.26 Å². The SMILES string of the molecule is N#Cc1c(NC(=O)CCC2CCCCC2)sc2c1CCN(C(=O)NCCc1cccnc1)C2. The van der Waals surface area contributed by atoms with Crippen LogP contribution in [0.4, 0.5) is 9.80 Å². The second-order valence-electron chi connectivity index (χ2n) is 8.93. The van der Waals surface area contributed by atoms with Crippen LogP contribution in [0.3, 0.4) is 0 Å². The number of aromatic nitrogens is 1. The van der Waals surface area contributed by atoms with Gasteiger partial charge in [0, 0.05) is 36.8 Å². The molecular weight excluding hydrogens is 434 g/mol. The number of carbonyl (C=O) groups excluding carboxylic acids is 2. The van der Waals surface area contributed by atoms with Gasteiger partial charge in [-0.2, -0.15) is 5.26 Å². The maximum absolute atomic E-state index is 12.6. The maximum atomic E-state index is 12.6. The first-order valence-corrected chi connectivity index (χ1v) is 12.7. The summed E-state index contributed by atoms with van der Waals surface area (Å²) < 4.78 is 0. The summed E-state index contributed by atoms with van der Waals surface area (Å²) in [6.07, 6.45) is 12.6. The first kappa shape index (κ1) is 23.2. The fourth-order valence-electron chi connectivity index (χ4n) is 4.75. The quantitative estimate of drug-likeness (QED) is 0.623. The molecule has 0 saturated heterocycles. The minimum Gasteiger partial charge on any atom is -0.338 e. The number of hydrogen-bond acceptors (Lipinski definition) is 5. The van der Waals surface area contributed by atoms with Crippen molar-refractivity contribution in [3.05, 3.63) is 46.1 Å². The molecule has 0 unspecified atom stereocenters. The molecule has 0 atom stereocenters. The zero-order valence-corrected chi connectivity index (χ0v) is 19.8. The van der Waals surface area contributed by atoms with E-state index in [0.29, 0.717) is 49.0 Å². The molecule has 0 aromatic carbocycles. The van der Waals surface area contributed by atoms with Gasteiger partial charge in [-0.25, -0.2) is 4.79 Å². The molecule has 4 rings (SSSR count). The second-order valence-corrected chi connectivity index (χ2v) is 10.0. The molecule has 7 nitrogen and oxygen atoms in total. The molecule has 2 aromatic rings. The Morgan fingerprint density at radius 3 is 2.88 bits per heavy atom. The van der Waals surface area contributed by atoms with E-state index in [0.717, 1.165) is 28.8 Å². The average Bonchev–Trinajstić information content (AvgIpc) is 3.20. The van der Waals surface area contributed by atoms with E-state index in [1.54, 1.807) is 17.3 Å². The number of rotatable bonds is 7. The molecule has 3 heterocycles. The van der Waals surface area contributed by atoms with Crippen molar-refractivity contribution in [3.8, 4) is 6.07 Å². The monoisotopic (exact) mass is 465 g/mol. The number of anilines is 1. The molecule has 2 aromatic heterocycles. The van der Waals surface area contributed by atoms with Crippen LogP contribution in [0, 0.1) is 17.2 Å². The van der Waals surface area contributed by atoms with Gasteiger partial charge < -0.3 is 15.5 Å². The van der Waals surface area contributed by atoms with Crippen LogP contribution in [0.2, 0.25) is 0 Å². The van der Waals surface area contributed by atoms with E-state index in [-0.39, 0.29) is 11.9 Å². The lowest BCUT2D eigenvalue weighted by molar-refractivity contribution is -0.116. The van der Waals surface area contributed by atoms with Crippen molar-refractivity contribution >= 4 is 28.3 Å². The highest BCUT2D eigenvalue weighted by molar-refractivity contribution is 7.16. The van der Waals surface area contributed by atoms with Gasteiger partial charge in [0.25, 0.3) is 0 Å². The van der Waals surface area contributed by atoms with Gasteiger partial charge in [0.15, 0.2) is 0 Å². The molecule has 3 amide bonds. The Balaban J connectivity index is 1.30. The molecule has 0 spiro atoms. The molecule has 0 radical (unpaired) electrons. The predicted molar refractivity (Wildman–Crippen MR) is 129 cm³/mol. The molecule has 0 bridgehead atoms. The highest BCUT2D eigenvalue weighted by Crippen LogP contribution is 2.37. The van der Waals surface area contributed by atoms with Crippen molar-refractivity contribution in [2.75, 3.05) is 18.4 Å². The lowest BCUT2D eigenvalue weighted by Crippen LogP contribution is -2.43. The molecule has 1 aliphatic heterocycles. The summed E-state index contributed by atoms with van der Waals surface area (Å²) in [5.41, 5.74) is 2.63. The topological polar surface area (TPSA) is 98.1 Å². The molecule has 2 aliphatic rings. The van der Waals surface area contributed by atoms with E-state index in [1.165, 1.54) is 43.4 Å². The van der Waals surface area contributed by atoms with Crippen molar-refractivity contribution in [2.24, 2.45) is 5.92 Å². The summed E-state index contributed by atoms with van der Waals surface area (Å²) in [6, 6.07) is 6.06. The van der Waals surface area contributed by atoms with E-state index in [2.05, 4.69) is 21.7 Å².